The number of rotatable bonds is 2. The van der Waals surface area contributed by atoms with Crippen LogP contribution < -0.4 is 0 Å². The minimum Gasteiger partial charge on any atom is -0.382 e. The molecule has 0 aliphatic heterocycles. The zero-order valence-electron chi connectivity index (χ0n) is 11.4. The first-order valence-electron chi connectivity index (χ1n) is 6.16. The summed E-state index contributed by atoms with van der Waals surface area (Å²) in [6.45, 7) is 6.45. The summed E-state index contributed by atoms with van der Waals surface area (Å²) in [6, 6.07) is 9.86. The van der Waals surface area contributed by atoms with Gasteiger partial charge in [0, 0.05) is 13.2 Å². The van der Waals surface area contributed by atoms with E-state index >= 15 is 0 Å². The molecule has 2 rings (SSSR count). The Labute approximate surface area is 108 Å². The third kappa shape index (κ3) is 2.46. The van der Waals surface area contributed by atoms with Gasteiger partial charge in [-0.2, -0.15) is 5.10 Å². The van der Waals surface area contributed by atoms with E-state index in [1.165, 1.54) is 0 Å². The van der Waals surface area contributed by atoms with Crippen molar-refractivity contribution in [2.24, 2.45) is 7.05 Å². The van der Waals surface area contributed by atoms with Crippen LogP contribution in [-0.2, 0) is 12.5 Å². The van der Waals surface area contributed by atoms with Crippen LogP contribution in [0.2, 0.25) is 0 Å². The van der Waals surface area contributed by atoms with E-state index in [-0.39, 0.29) is 5.41 Å². The first-order chi connectivity index (χ1) is 8.39. The molecule has 1 heterocycles. The zero-order chi connectivity index (χ0) is 13.3. The first kappa shape index (κ1) is 12.8. The van der Waals surface area contributed by atoms with Crippen LogP contribution in [0.1, 0.15) is 43.7 Å². The minimum atomic E-state index is -0.665. The summed E-state index contributed by atoms with van der Waals surface area (Å²) < 4.78 is 1.71. The average Bonchev–Trinajstić information content (AvgIpc) is 2.74. The number of aliphatic hydroxyl groups is 1. The van der Waals surface area contributed by atoms with Gasteiger partial charge in [-0.05, 0) is 22.6 Å². The highest BCUT2D eigenvalue weighted by Gasteiger charge is 2.23. The largest absolute Gasteiger partial charge is 0.382 e. The maximum Gasteiger partial charge on any atom is 0.123 e. The van der Waals surface area contributed by atoms with Crippen molar-refractivity contribution >= 4 is 0 Å². The maximum absolute atomic E-state index is 10.5. The summed E-state index contributed by atoms with van der Waals surface area (Å²) in [6.07, 6.45) is 1.18. The lowest BCUT2D eigenvalue weighted by molar-refractivity contribution is 0.211. The fraction of sp³-hybridized carbons (Fsp3) is 0.400. The molecule has 1 aromatic carbocycles. The van der Waals surface area contributed by atoms with Crippen molar-refractivity contribution in [1.82, 2.24) is 9.78 Å². The Balaban J connectivity index is 2.45. The smallest absolute Gasteiger partial charge is 0.123 e. The van der Waals surface area contributed by atoms with Crippen molar-refractivity contribution in [3.63, 3.8) is 0 Å². The number of aryl methyl sites for hydroxylation is 1. The Bertz CT molecular complexity index is 537. The molecule has 0 fully saturated rings. The third-order valence-corrected chi connectivity index (χ3v) is 3.08. The number of nitrogens with zero attached hydrogens (tertiary/aromatic N) is 2. The predicted octanol–water partition coefficient (Wildman–Crippen LogP) is 2.80. The summed E-state index contributed by atoms with van der Waals surface area (Å²) in [5.41, 5.74) is 2.79. The second-order valence-corrected chi connectivity index (χ2v) is 5.65. The van der Waals surface area contributed by atoms with Gasteiger partial charge in [-0.1, -0.05) is 45.0 Å². The molecule has 0 aliphatic rings. The molecule has 3 nitrogen and oxygen atoms in total. The molecule has 0 aliphatic carbocycles. The second-order valence-electron chi connectivity index (χ2n) is 5.65. The molecule has 3 heteroatoms. The molecule has 96 valence electrons. The van der Waals surface area contributed by atoms with Gasteiger partial charge in [0.1, 0.15) is 6.10 Å². The molecule has 0 radical (unpaired) electrons. The van der Waals surface area contributed by atoms with E-state index in [1.807, 2.05) is 37.5 Å². The molecule has 0 saturated carbocycles. The molecule has 1 unspecified atom stereocenters. The molecule has 0 bridgehead atoms. The van der Waals surface area contributed by atoms with E-state index in [0.717, 1.165) is 11.1 Å². The standard InChI is InChI=1S/C15H20N2O/c1-15(2,3)12-8-6-5-7-11(12)14(18)13-9-10-17(4)16-13/h5-10,14,18H,1-4H3. The lowest BCUT2D eigenvalue weighted by Crippen LogP contribution is -2.16. The van der Waals surface area contributed by atoms with Gasteiger partial charge in [-0.3, -0.25) is 4.68 Å². The van der Waals surface area contributed by atoms with Crippen LogP contribution in [0.5, 0.6) is 0 Å². The minimum absolute atomic E-state index is 0.00630. The van der Waals surface area contributed by atoms with Crippen LogP contribution >= 0.6 is 0 Å². The highest BCUT2D eigenvalue weighted by molar-refractivity contribution is 5.37. The molecule has 1 aromatic heterocycles. The summed E-state index contributed by atoms with van der Waals surface area (Å²) in [7, 11) is 1.85. The molecular formula is C15H20N2O. The van der Waals surface area contributed by atoms with E-state index in [4.69, 9.17) is 0 Å². The topological polar surface area (TPSA) is 38.0 Å². The summed E-state index contributed by atoms with van der Waals surface area (Å²) in [5.74, 6) is 0. The Morgan fingerprint density at radius 1 is 1.17 bits per heavy atom. The van der Waals surface area contributed by atoms with Gasteiger partial charge in [-0.15, -0.1) is 0 Å². The van der Waals surface area contributed by atoms with Crippen LogP contribution in [0.25, 0.3) is 0 Å². The summed E-state index contributed by atoms with van der Waals surface area (Å²) >= 11 is 0. The first-order valence-corrected chi connectivity index (χ1v) is 6.16. The summed E-state index contributed by atoms with van der Waals surface area (Å²) in [4.78, 5) is 0. The normalized spacial score (nSPS) is 13.6. The fourth-order valence-electron chi connectivity index (χ4n) is 2.16. The lowest BCUT2D eigenvalue weighted by atomic mass is 9.82. The number of aliphatic hydroxyl groups excluding tert-OH is 1. The molecule has 1 atom stereocenters. The lowest BCUT2D eigenvalue weighted by Gasteiger charge is -2.24. The van der Waals surface area contributed by atoms with Gasteiger partial charge < -0.3 is 5.11 Å². The van der Waals surface area contributed by atoms with Crippen molar-refractivity contribution in [2.75, 3.05) is 0 Å². The van der Waals surface area contributed by atoms with Crippen molar-refractivity contribution in [3.8, 4) is 0 Å². The van der Waals surface area contributed by atoms with Gasteiger partial charge in [0.15, 0.2) is 0 Å². The maximum atomic E-state index is 10.5. The number of aromatic nitrogens is 2. The quantitative estimate of drug-likeness (QED) is 0.882. The van der Waals surface area contributed by atoms with E-state index in [0.29, 0.717) is 5.69 Å². The predicted molar refractivity (Wildman–Crippen MR) is 72.4 cm³/mol. The van der Waals surface area contributed by atoms with E-state index in [1.54, 1.807) is 4.68 Å². The molecule has 0 spiro atoms. The van der Waals surface area contributed by atoms with Gasteiger partial charge in [0.2, 0.25) is 0 Å². The highest BCUT2D eigenvalue weighted by atomic mass is 16.3. The van der Waals surface area contributed by atoms with E-state index in [9.17, 15) is 5.11 Å². The second kappa shape index (κ2) is 4.58. The van der Waals surface area contributed by atoms with E-state index < -0.39 is 6.10 Å². The molecule has 1 N–H and O–H groups in total. The van der Waals surface area contributed by atoms with Gasteiger partial charge in [0.25, 0.3) is 0 Å². The highest BCUT2D eigenvalue weighted by Crippen LogP contribution is 2.31. The van der Waals surface area contributed by atoms with Crippen molar-refractivity contribution < 1.29 is 5.11 Å². The van der Waals surface area contributed by atoms with Crippen LogP contribution in [0, 0.1) is 0 Å². The third-order valence-electron chi connectivity index (χ3n) is 3.08. The van der Waals surface area contributed by atoms with Crippen molar-refractivity contribution in [3.05, 3.63) is 53.3 Å². The van der Waals surface area contributed by atoms with Crippen molar-refractivity contribution in [2.45, 2.75) is 32.3 Å². The van der Waals surface area contributed by atoms with Gasteiger partial charge >= 0.3 is 0 Å². The van der Waals surface area contributed by atoms with Crippen LogP contribution in [0.3, 0.4) is 0 Å². The Kier molecular flexibility index (Phi) is 3.26. The van der Waals surface area contributed by atoms with Crippen LogP contribution in [0.4, 0.5) is 0 Å². The van der Waals surface area contributed by atoms with Crippen molar-refractivity contribution in [1.29, 1.82) is 0 Å². The molecular weight excluding hydrogens is 224 g/mol. The molecule has 0 saturated heterocycles. The monoisotopic (exact) mass is 244 g/mol. The van der Waals surface area contributed by atoms with Crippen LogP contribution in [0.15, 0.2) is 36.5 Å². The van der Waals surface area contributed by atoms with Gasteiger partial charge in [-0.25, -0.2) is 0 Å². The molecule has 2 aromatic rings. The van der Waals surface area contributed by atoms with Crippen LogP contribution in [-0.4, -0.2) is 14.9 Å². The molecule has 18 heavy (non-hydrogen) atoms. The Hall–Kier alpha value is -1.61. The Morgan fingerprint density at radius 2 is 1.83 bits per heavy atom. The SMILES string of the molecule is Cn1ccc(C(O)c2ccccc2C(C)(C)C)n1. The van der Waals surface area contributed by atoms with Gasteiger partial charge in [0.05, 0.1) is 5.69 Å². The average molecular weight is 244 g/mol. The summed E-state index contributed by atoms with van der Waals surface area (Å²) in [5, 5.41) is 14.8. The number of hydrogen-bond donors (Lipinski definition) is 1. The molecule has 0 amide bonds. The number of benzene rings is 1. The number of hydrogen-bond acceptors (Lipinski definition) is 2. The fourth-order valence-corrected chi connectivity index (χ4v) is 2.16. The van der Waals surface area contributed by atoms with E-state index in [2.05, 4.69) is 31.9 Å². The Morgan fingerprint density at radius 3 is 2.39 bits per heavy atom. The zero-order valence-corrected chi connectivity index (χ0v) is 11.4.